The van der Waals surface area contributed by atoms with Crippen LogP contribution in [0.25, 0.3) is 10.8 Å². The van der Waals surface area contributed by atoms with Gasteiger partial charge in [-0.3, -0.25) is 4.79 Å². The third kappa shape index (κ3) is 4.44. The largest absolute Gasteiger partial charge is 0.333 e. The van der Waals surface area contributed by atoms with E-state index in [4.69, 9.17) is 40.4 Å². The van der Waals surface area contributed by atoms with Crippen LogP contribution in [0.5, 0.6) is 0 Å². The first-order valence-electron chi connectivity index (χ1n) is 11.3. The number of thiocarbonyl (C=S) groups is 1. The first-order chi connectivity index (χ1) is 17.3. The number of amides is 1. The Morgan fingerprint density at radius 1 is 0.972 bits per heavy atom. The number of nitrogens with one attached hydrogen (secondary N) is 1. The minimum Gasteiger partial charge on any atom is -0.333 e. The molecular formula is C28H22Cl2N4OS. The van der Waals surface area contributed by atoms with E-state index in [-0.39, 0.29) is 5.91 Å². The number of benzene rings is 4. The first kappa shape index (κ1) is 24.3. The van der Waals surface area contributed by atoms with Gasteiger partial charge in [-0.05, 0) is 47.9 Å². The molecule has 8 heteroatoms. The zero-order valence-corrected chi connectivity index (χ0v) is 21.9. The Labute approximate surface area is 225 Å². The molecule has 1 aliphatic rings. The van der Waals surface area contributed by atoms with Crippen LogP contribution in [-0.2, 0) is 4.79 Å². The van der Waals surface area contributed by atoms with Crippen molar-refractivity contribution in [2.24, 2.45) is 4.99 Å². The van der Waals surface area contributed by atoms with E-state index in [9.17, 15) is 4.79 Å². The van der Waals surface area contributed by atoms with Crippen molar-refractivity contribution in [3.8, 4) is 0 Å². The van der Waals surface area contributed by atoms with Gasteiger partial charge in [0.2, 0.25) is 6.17 Å². The zero-order valence-electron chi connectivity index (χ0n) is 19.6. The van der Waals surface area contributed by atoms with Crippen LogP contribution < -0.4 is 15.1 Å². The number of carbonyl (C=O) groups excluding carboxylic acids is 1. The van der Waals surface area contributed by atoms with Crippen molar-refractivity contribution in [1.82, 2.24) is 5.32 Å². The zero-order chi connectivity index (χ0) is 25.4. The minimum atomic E-state index is -0.975. The van der Waals surface area contributed by atoms with E-state index in [1.54, 1.807) is 30.1 Å². The van der Waals surface area contributed by atoms with Gasteiger partial charge in [-0.1, -0.05) is 77.8 Å². The van der Waals surface area contributed by atoms with Crippen LogP contribution in [0.15, 0.2) is 89.9 Å². The van der Waals surface area contributed by atoms with Gasteiger partial charge in [-0.25, -0.2) is 4.99 Å². The predicted octanol–water partition coefficient (Wildman–Crippen LogP) is 6.30. The number of fused-ring (bicyclic) bond motifs is 2. The summed E-state index contributed by atoms with van der Waals surface area (Å²) in [6, 6.07) is 26.9. The van der Waals surface area contributed by atoms with Crippen molar-refractivity contribution >= 4 is 74.3 Å². The molecule has 0 saturated heterocycles. The van der Waals surface area contributed by atoms with E-state index in [2.05, 4.69) is 17.4 Å². The maximum absolute atomic E-state index is 13.6. The fraction of sp³-hybridized carbons (Fsp3) is 0.107. The average Bonchev–Trinajstić information content (AvgIpc) is 2.98. The Morgan fingerprint density at radius 3 is 2.50 bits per heavy atom. The summed E-state index contributed by atoms with van der Waals surface area (Å²) in [7, 11) is 3.58. The van der Waals surface area contributed by atoms with Crippen LogP contribution in [0.1, 0.15) is 11.1 Å². The number of hydrogen-bond donors (Lipinski definition) is 1. The number of aliphatic imine (C=N–C) groups is 1. The molecule has 0 spiro atoms. The summed E-state index contributed by atoms with van der Waals surface area (Å²) in [6.45, 7) is 0. The second kappa shape index (κ2) is 9.90. The number of carbonyl (C=O) groups is 1. The van der Waals surface area contributed by atoms with Crippen molar-refractivity contribution in [2.45, 2.75) is 6.17 Å². The molecule has 36 heavy (non-hydrogen) atoms. The highest BCUT2D eigenvalue weighted by atomic mass is 35.5. The number of likely N-dealkylation sites (N-methyl/N-ethyl adjacent to an activating group) is 1. The van der Waals surface area contributed by atoms with E-state index in [0.717, 1.165) is 16.5 Å². The quantitative estimate of drug-likeness (QED) is 0.314. The topological polar surface area (TPSA) is 47.9 Å². The molecular weight excluding hydrogens is 511 g/mol. The molecule has 0 bridgehead atoms. The summed E-state index contributed by atoms with van der Waals surface area (Å²) in [5.74, 6) is -0.255. The number of nitrogens with zero attached hydrogens (tertiary/aromatic N) is 3. The number of hydrogen-bond acceptors (Lipinski definition) is 3. The molecule has 180 valence electrons. The fourth-order valence-corrected chi connectivity index (χ4v) is 4.94. The predicted molar refractivity (Wildman–Crippen MR) is 154 cm³/mol. The van der Waals surface area contributed by atoms with Crippen LogP contribution in [0.4, 0.5) is 11.4 Å². The van der Waals surface area contributed by atoms with Gasteiger partial charge in [-0.2, -0.15) is 0 Å². The maximum Gasteiger partial charge on any atom is 0.272 e. The highest BCUT2D eigenvalue weighted by Gasteiger charge is 2.32. The van der Waals surface area contributed by atoms with Crippen molar-refractivity contribution in [2.75, 3.05) is 23.9 Å². The van der Waals surface area contributed by atoms with Crippen LogP contribution in [0, 0.1) is 0 Å². The molecule has 5 nitrogen and oxygen atoms in total. The lowest BCUT2D eigenvalue weighted by atomic mass is 10.00. The molecule has 1 N–H and O–H groups in total. The summed E-state index contributed by atoms with van der Waals surface area (Å²) < 4.78 is 0. The Kier molecular flexibility index (Phi) is 6.67. The fourth-order valence-electron chi connectivity index (χ4n) is 4.33. The van der Waals surface area contributed by atoms with Gasteiger partial charge in [0.05, 0.1) is 17.1 Å². The van der Waals surface area contributed by atoms with Crippen molar-refractivity contribution in [3.05, 3.63) is 106 Å². The highest BCUT2D eigenvalue weighted by molar-refractivity contribution is 7.80. The van der Waals surface area contributed by atoms with Gasteiger partial charge in [0.25, 0.3) is 5.91 Å². The molecule has 1 atom stereocenters. The van der Waals surface area contributed by atoms with E-state index < -0.39 is 6.17 Å². The smallest absolute Gasteiger partial charge is 0.272 e. The molecule has 0 aromatic heterocycles. The first-order valence-corrected chi connectivity index (χ1v) is 12.4. The van der Waals surface area contributed by atoms with Crippen molar-refractivity contribution in [3.63, 3.8) is 0 Å². The van der Waals surface area contributed by atoms with Gasteiger partial charge >= 0.3 is 0 Å². The maximum atomic E-state index is 13.6. The summed E-state index contributed by atoms with van der Waals surface area (Å²) in [5, 5.41) is 6.75. The van der Waals surface area contributed by atoms with Crippen LogP contribution in [-0.4, -0.2) is 37.0 Å². The lowest BCUT2D eigenvalue weighted by Gasteiger charge is -2.26. The Balaban J connectivity index is 1.56. The third-order valence-corrected chi connectivity index (χ3v) is 7.18. The monoisotopic (exact) mass is 532 g/mol. The van der Waals surface area contributed by atoms with Gasteiger partial charge in [0, 0.05) is 40.7 Å². The average molecular weight is 533 g/mol. The van der Waals surface area contributed by atoms with Gasteiger partial charge < -0.3 is 15.1 Å². The SMILES string of the molecule is CN1C(=O)C(NC(=S)N(C)c2cccc3ccccc23)N=C(c2ccccc2Cl)c2cc(Cl)ccc21. The molecule has 0 fully saturated rings. The normalized spacial score (nSPS) is 15.2. The third-order valence-electron chi connectivity index (χ3n) is 6.22. The van der Waals surface area contributed by atoms with Gasteiger partial charge in [0.15, 0.2) is 5.11 Å². The van der Waals surface area contributed by atoms with Crippen LogP contribution >= 0.6 is 35.4 Å². The molecule has 1 aliphatic heterocycles. The van der Waals surface area contributed by atoms with Gasteiger partial charge in [-0.15, -0.1) is 0 Å². The summed E-state index contributed by atoms with van der Waals surface area (Å²) in [6.07, 6.45) is -0.975. The van der Waals surface area contributed by atoms with Crippen molar-refractivity contribution in [1.29, 1.82) is 0 Å². The molecule has 0 saturated carbocycles. The van der Waals surface area contributed by atoms with E-state index in [1.165, 1.54) is 0 Å². The molecule has 1 unspecified atom stereocenters. The lowest BCUT2D eigenvalue weighted by Crippen LogP contribution is -2.49. The molecule has 4 aromatic carbocycles. The Hall–Kier alpha value is -3.45. The second-order valence-electron chi connectivity index (χ2n) is 8.43. The molecule has 5 rings (SSSR count). The second-order valence-corrected chi connectivity index (χ2v) is 9.66. The van der Waals surface area contributed by atoms with Gasteiger partial charge in [0.1, 0.15) is 0 Å². The number of benzodiazepines with no additional fused rings is 1. The van der Waals surface area contributed by atoms with Crippen molar-refractivity contribution < 1.29 is 4.79 Å². The molecule has 1 amide bonds. The van der Waals surface area contributed by atoms with E-state index in [0.29, 0.717) is 37.7 Å². The summed E-state index contributed by atoms with van der Waals surface area (Å²) >= 11 is 18.7. The number of anilines is 2. The highest BCUT2D eigenvalue weighted by Crippen LogP contribution is 2.32. The molecule has 0 radical (unpaired) electrons. The number of rotatable bonds is 3. The standard InChI is InChI=1S/C28H22Cl2N4OS/c1-33-24-15-14-18(29)16-21(24)25(20-11-5-6-12-22(20)30)31-26(27(33)35)32-28(36)34(2)23-13-7-9-17-8-3-4-10-19(17)23/h3-16,26H,1-2H3,(H,32,36). The lowest BCUT2D eigenvalue weighted by molar-refractivity contribution is -0.119. The number of halogens is 2. The minimum absolute atomic E-state index is 0.255. The Bertz CT molecular complexity index is 1530. The molecule has 0 aliphatic carbocycles. The molecule has 1 heterocycles. The summed E-state index contributed by atoms with van der Waals surface area (Å²) in [4.78, 5) is 21.8. The van der Waals surface area contributed by atoms with E-state index in [1.807, 2.05) is 66.5 Å². The van der Waals surface area contributed by atoms with Crippen LogP contribution in [0.2, 0.25) is 10.0 Å². The Morgan fingerprint density at radius 2 is 1.69 bits per heavy atom. The van der Waals surface area contributed by atoms with Crippen LogP contribution in [0.3, 0.4) is 0 Å². The summed E-state index contributed by atoms with van der Waals surface area (Å²) in [5.41, 5.74) is 3.57. The van der Waals surface area contributed by atoms with E-state index >= 15 is 0 Å². The molecule has 4 aromatic rings.